The van der Waals surface area contributed by atoms with Crippen molar-refractivity contribution in [2.24, 2.45) is 5.41 Å². The lowest BCUT2D eigenvalue weighted by molar-refractivity contribution is -0.127. The lowest BCUT2D eigenvalue weighted by Crippen LogP contribution is -2.41. The summed E-state index contributed by atoms with van der Waals surface area (Å²) in [5, 5.41) is 6.26. The Hall–Kier alpha value is -1.92. The van der Waals surface area contributed by atoms with Crippen molar-refractivity contribution in [1.29, 1.82) is 0 Å². The van der Waals surface area contributed by atoms with Gasteiger partial charge in [0.05, 0.1) is 12.0 Å². The molecule has 23 heavy (non-hydrogen) atoms. The second kappa shape index (κ2) is 5.62. The number of benzene rings is 1. The van der Waals surface area contributed by atoms with Crippen LogP contribution in [0.25, 0.3) is 11.1 Å². The van der Waals surface area contributed by atoms with E-state index in [4.69, 9.17) is 9.15 Å². The quantitative estimate of drug-likeness (QED) is 0.885. The number of ether oxygens (including phenoxy) is 1. The molecule has 0 spiro atoms. The van der Waals surface area contributed by atoms with Gasteiger partial charge in [0, 0.05) is 25.3 Å². The van der Waals surface area contributed by atoms with Gasteiger partial charge in [-0.15, -0.1) is 0 Å². The van der Waals surface area contributed by atoms with Crippen molar-refractivity contribution in [3.8, 4) is 0 Å². The van der Waals surface area contributed by atoms with Crippen LogP contribution >= 0.6 is 0 Å². The number of nitrogens with one attached hydrogen (secondary N) is 2. The summed E-state index contributed by atoms with van der Waals surface area (Å²) in [5.41, 5.74) is 1.83. The summed E-state index contributed by atoms with van der Waals surface area (Å²) in [6.07, 6.45) is 3.09. The molecule has 1 aliphatic heterocycles. The van der Waals surface area contributed by atoms with Gasteiger partial charge in [-0.2, -0.15) is 0 Å². The molecule has 2 heterocycles. The molecule has 1 aromatic heterocycles. The van der Waals surface area contributed by atoms with Gasteiger partial charge in [-0.1, -0.05) is 0 Å². The molecule has 1 aromatic carbocycles. The van der Waals surface area contributed by atoms with Crippen molar-refractivity contribution in [1.82, 2.24) is 10.3 Å². The normalized spacial score (nSPS) is 24.2. The minimum absolute atomic E-state index is 0.00499. The molecule has 122 valence electrons. The first-order chi connectivity index (χ1) is 11.2. The number of amides is 1. The second-order valence-corrected chi connectivity index (χ2v) is 6.60. The molecule has 1 atom stereocenters. The molecule has 1 saturated heterocycles. The van der Waals surface area contributed by atoms with Gasteiger partial charge in [-0.25, -0.2) is 4.98 Å². The molecule has 0 radical (unpaired) electrons. The largest absolute Gasteiger partial charge is 0.440 e. The second-order valence-electron chi connectivity index (χ2n) is 6.60. The summed E-state index contributed by atoms with van der Waals surface area (Å²) >= 11 is 0. The highest BCUT2D eigenvalue weighted by molar-refractivity contribution is 5.97. The van der Waals surface area contributed by atoms with Crippen LogP contribution in [0.5, 0.6) is 0 Å². The Labute approximate surface area is 134 Å². The van der Waals surface area contributed by atoms with E-state index < -0.39 is 5.41 Å². The van der Waals surface area contributed by atoms with E-state index in [1.807, 2.05) is 18.2 Å². The Morgan fingerprint density at radius 1 is 1.52 bits per heavy atom. The van der Waals surface area contributed by atoms with Gasteiger partial charge in [0.2, 0.25) is 5.91 Å². The highest BCUT2D eigenvalue weighted by Gasteiger charge is 2.41. The van der Waals surface area contributed by atoms with Crippen LogP contribution < -0.4 is 10.6 Å². The maximum absolute atomic E-state index is 12.7. The van der Waals surface area contributed by atoms with Gasteiger partial charge < -0.3 is 19.8 Å². The number of anilines is 1. The monoisotopic (exact) mass is 315 g/mol. The zero-order chi connectivity index (χ0) is 15.9. The number of oxazole rings is 1. The molecule has 2 fully saturated rings. The average Bonchev–Trinajstić information content (AvgIpc) is 3.13. The van der Waals surface area contributed by atoms with Crippen molar-refractivity contribution in [2.75, 3.05) is 32.1 Å². The fourth-order valence-electron chi connectivity index (χ4n) is 3.19. The predicted molar refractivity (Wildman–Crippen MR) is 86.4 cm³/mol. The average molecular weight is 315 g/mol. The number of rotatable bonds is 5. The van der Waals surface area contributed by atoms with E-state index >= 15 is 0 Å². The molecular formula is C17H21N3O3. The smallest absolute Gasteiger partial charge is 0.234 e. The summed E-state index contributed by atoms with van der Waals surface area (Å²) in [6, 6.07) is 5.62. The van der Waals surface area contributed by atoms with Crippen molar-refractivity contribution >= 4 is 22.7 Å². The van der Waals surface area contributed by atoms with Crippen LogP contribution in [0.15, 0.2) is 22.6 Å². The first-order valence-electron chi connectivity index (χ1n) is 8.12. The fraction of sp³-hybridized carbons (Fsp3) is 0.529. The molecule has 0 bridgehead atoms. The van der Waals surface area contributed by atoms with E-state index in [-0.39, 0.29) is 5.91 Å². The van der Waals surface area contributed by atoms with Crippen LogP contribution in [-0.2, 0) is 9.53 Å². The number of nitrogens with zero attached hydrogens (tertiary/aromatic N) is 1. The Morgan fingerprint density at radius 2 is 2.39 bits per heavy atom. The first kappa shape index (κ1) is 14.7. The molecule has 4 rings (SSSR count). The minimum atomic E-state index is -0.493. The highest BCUT2D eigenvalue weighted by Crippen LogP contribution is 2.40. The van der Waals surface area contributed by atoms with Crippen molar-refractivity contribution < 1.29 is 13.9 Å². The van der Waals surface area contributed by atoms with Gasteiger partial charge >= 0.3 is 0 Å². The summed E-state index contributed by atoms with van der Waals surface area (Å²) in [7, 11) is 1.63. The van der Waals surface area contributed by atoms with E-state index in [2.05, 4.69) is 15.6 Å². The van der Waals surface area contributed by atoms with E-state index in [1.165, 1.54) is 0 Å². The van der Waals surface area contributed by atoms with Crippen LogP contribution in [0, 0.1) is 5.41 Å². The van der Waals surface area contributed by atoms with Crippen molar-refractivity contribution in [3.63, 3.8) is 0 Å². The summed E-state index contributed by atoms with van der Waals surface area (Å²) < 4.78 is 11.0. The number of aromatic nitrogens is 1. The van der Waals surface area contributed by atoms with Crippen LogP contribution in [0.4, 0.5) is 5.69 Å². The van der Waals surface area contributed by atoms with E-state index in [1.54, 1.807) is 7.11 Å². The Morgan fingerprint density at radius 3 is 3.09 bits per heavy atom. The molecule has 1 saturated carbocycles. The van der Waals surface area contributed by atoms with E-state index in [9.17, 15) is 4.79 Å². The Balaban J connectivity index is 1.55. The third-order valence-electron chi connectivity index (χ3n) is 4.73. The molecule has 2 aliphatic rings. The molecular weight excluding hydrogens is 294 g/mol. The zero-order valence-corrected chi connectivity index (χ0v) is 13.2. The fourth-order valence-corrected chi connectivity index (χ4v) is 3.19. The lowest BCUT2D eigenvalue weighted by atomic mass is 9.87. The topological polar surface area (TPSA) is 76.4 Å². The van der Waals surface area contributed by atoms with Gasteiger partial charge in [-0.3, -0.25) is 4.79 Å². The minimum Gasteiger partial charge on any atom is -0.440 e. The Bertz CT molecular complexity index is 730. The lowest BCUT2D eigenvalue weighted by Gasteiger charge is -2.25. The standard InChI is InChI=1S/C17H21N3O3/c1-22-10-17(6-7-18-9-17)16(21)19-12-4-5-14-13(8-12)20-15(23-14)11-2-3-11/h4-5,8,11,18H,2-3,6-7,9-10H2,1H3,(H,19,21). The third kappa shape index (κ3) is 2.72. The maximum Gasteiger partial charge on any atom is 0.234 e. The predicted octanol–water partition coefficient (Wildman–Crippen LogP) is 2.27. The SMILES string of the molecule is COCC1(C(=O)Nc2ccc3oc(C4CC4)nc3c2)CCNC1. The van der Waals surface area contributed by atoms with Gasteiger partial charge in [0.1, 0.15) is 5.52 Å². The number of hydrogen-bond acceptors (Lipinski definition) is 5. The number of methoxy groups -OCH3 is 1. The number of fused-ring (bicyclic) bond motifs is 1. The zero-order valence-electron chi connectivity index (χ0n) is 13.2. The molecule has 6 nitrogen and oxygen atoms in total. The van der Waals surface area contributed by atoms with Gasteiger partial charge in [-0.05, 0) is 44.0 Å². The first-order valence-corrected chi connectivity index (χ1v) is 8.12. The molecule has 1 aliphatic carbocycles. The number of carbonyl (C=O) groups is 1. The number of carbonyl (C=O) groups excluding carboxylic acids is 1. The van der Waals surface area contributed by atoms with Crippen molar-refractivity contribution in [3.05, 3.63) is 24.1 Å². The molecule has 1 unspecified atom stereocenters. The van der Waals surface area contributed by atoms with Crippen LogP contribution in [0.2, 0.25) is 0 Å². The van der Waals surface area contributed by atoms with Crippen LogP contribution in [0.3, 0.4) is 0 Å². The van der Waals surface area contributed by atoms with Crippen LogP contribution in [-0.4, -0.2) is 37.7 Å². The highest BCUT2D eigenvalue weighted by atomic mass is 16.5. The Kier molecular flexibility index (Phi) is 3.58. The summed E-state index contributed by atoms with van der Waals surface area (Å²) in [5.74, 6) is 1.30. The molecule has 1 amide bonds. The van der Waals surface area contributed by atoms with E-state index in [0.29, 0.717) is 19.1 Å². The van der Waals surface area contributed by atoms with Gasteiger partial charge in [0.15, 0.2) is 11.5 Å². The number of hydrogen-bond donors (Lipinski definition) is 2. The van der Waals surface area contributed by atoms with Crippen LogP contribution in [0.1, 0.15) is 31.1 Å². The third-order valence-corrected chi connectivity index (χ3v) is 4.73. The van der Waals surface area contributed by atoms with Gasteiger partial charge in [0.25, 0.3) is 0 Å². The summed E-state index contributed by atoms with van der Waals surface area (Å²) in [4.78, 5) is 17.3. The van der Waals surface area contributed by atoms with E-state index in [0.717, 1.165) is 48.5 Å². The molecule has 2 aromatic rings. The summed E-state index contributed by atoms with van der Waals surface area (Å²) in [6.45, 7) is 1.90. The van der Waals surface area contributed by atoms with Crippen molar-refractivity contribution in [2.45, 2.75) is 25.2 Å². The molecule has 2 N–H and O–H groups in total. The maximum atomic E-state index is 12.7. The molecule has 6 heteroatoms.